The summed E-state index contributed by atoms with van der Waals surface area (Å²) in [6.07, 6.45) is 5.06. The molecule has 0 bridgehead atoms. The number of hydrogen-bond donors (Lipinski definition) is 1. The second kappa shape index (κ2) is 5.07. The second-order valence-electron chi connectivity index (χ2n) is 5.39. The van der Waals surface area contributed by atoms with Gasteiger partial charge < -0.3 is 15.5 Å². The number of aromatic nitrogens is 1. The summed E-state index contributed by atoms with van der Waals surface area (Å²) in [7, 11) is 0. The monoisotopic (exact) mass is 260 g/mol. The van der Waals surface area contributed by atoms with Crippen LogP contribution in [0.5, 0.6) is 0 Å². The fourth-order valence-corrected chi connectivity index (χ4v) is 2.65. The van der Waals surface area contributed by atoms with Crippen molar-refractivity contribution in [3.63, 3.8) is 0 Å². The fourth-order valence-electron chi connectivity index (χ4n) is 2.65. The highest BCUT2D eigenvalue weighted by atomic mass is 16.2. The molecule has 1 aliphatic carbocycles. The molecule has 2 aliphatic rings. The number of carbonyl (C=O) groups excluding carboxylic acids is 1. The molecule has 0 spiro atoms. The van der Waals surface area contributed by atoms with Crippen molar-refractivity contribution in [2.75, 3.05) is 36.8 Å². The first-order valence-electron chi connectivity index (χ1n) is 6.99. The van der Waals surface area contributed by atoms with Gasteiger partial charge in [0.2, 0.25) is 5.91 Å². The summed E-state index contributed by atoms with van der Waals surface area (Å²) in [5, 5.41) is 0. The van der Waals surface area contributed by atoms with Crippen LogP contribution >= 0.6 is 0 Å². The van der Waals surface area contributed by atoms with Crippen molar-refractivity contribution >= 4 is 17.4 Å². The maximum atomic E-state index is 12.1. The van der Waals surface area contributed by atoms with E-state index in [9.17, 15) is 4.79 Å². The normalized spacial score (nSPS) is 20.2. The van der Waals surface area contributed by atoms with Crippen LogP contribution in [0, 0.1) is 5.92 Å². The van der Waals surface area contributed by atoms with Crippen LogP contribution in [0.1, 0.15) is 19.3 Å². The van der Waals surface area contributed by atoms with Gasteiger partial charge in [-0.3, -0.25) is 4.79 Å². The molecule has 1 saturated heterocycles. The predicted molar refractivity (Wildman–Crippen MR) is 74.8 cm³/mol. The molecule has 1 aromatic rings. The van der Waals surface area contributed by atoms with E-state index >= 15 is 0 Å². The van der Waals surface area contributed by atoms with Gasteiger partial charge in [-0.1, -0.05) is 6.42 Å². The Morgan fingerprint density at radius 3 is 2.47 bits per heavy atom. The van der Waals surface area contributed by atoms with E-state index in [-0.39, 0.29) is 0 Å². The van der Waals surface area contributed by atoms with Crippen molar-refractivity contribution < 1.29 is 4.79 Å². The largest absolute Gasteiger partial charge is 0.397 e. The van der Waals surface area contributed by atoms with E-state index < -0.39 is 0 Å². The third kappa shape index (κ3) is 2.50. The molecule has 5 nitrogen and oxygen atoms in total. The van der Waals surface area contributed by atoms with Gasteiger partial charge in [-0.25, -0.2) is 4.98 Å². The summed E-state index contributed by atoms with van der Waals surface area (Å²) in [4.78, 5) is 20.7. The van der Waals surface area contributed by atoms with E-state index in [1.807, 2.05) is 17.0 Å². The highest BCUT2D eigenvalue weighted by Gasteiger charge is 2.31. The Kier molecular flexibility index (Phi) is 3.27. The van der Waals surface area contributed by atoms with Gasteiger partial charge in [0.15, 0.2) is 0 Å². The Bertz CT molecular complexity index is 447. The third-order valence-corrected chi connectivity index (χ3v) is 4.14. The molecule has 5 heteroatoms. The first kappa shape index (κ1) is 12.3. The topological polar surface area (TPSA) is 62.5 Å². The van der Waals surface area contributed by atoms with Gasteiger partial charge in [0.25, 0.3) is 0 Å². The van der Waals surface area contributed by atoms with Crippen LogP contribution in [0.25, 0.3) is 0 Å². The van der Waals surface area contributed by atoms with Crippen LogP contribution in [-0.4, -0.2) is 42.0 Å². The summed E-state index contributed by atoms with van der Waals surface area (Å²) in [5.41, 5.74) is 6.32. The van der Waals surface area contributed by atoms with Gasteiger partial charge in [0.1, 0.15) is 5.82 Å². The van der Waals surface area contributed by atoms with E-state index in [4.69, 9.17) is 5.73 Å². The van der Waals surface area contributed by atoms with Gasteiger partial charge >= 0.3 is 0 Å². The van der Waals surface area contributed by atoms with Crippen LogP contribution in [0.15, 0.2) is 18.3 Å². The van der Waals surface area contributed by atoms with Crippen molar-refractivity contribution in [1.29, 1.82) is 0 Å². The molecule has 0 unspecified atom stereocenters. The van der Waals surface area contributed by atoms with Crippen LogP contribution < -0.4 is 10.6 Å². The highest BCUT2D eigenvalue weighted by molar-refractivity contribution is 5.79. The van der Waals surface area contributed by atoms with Gasteiger partial charge in [-0.2, -0.15) is 0 Å². The SMILES string of the molecule is Nc1ccc(N2CCN(C(=O)C3CCC3)CC2)nc1. The minimum absolute atomic E-state index is 0.307. The van der Waals surface area contributed by atoms with E-state index in [2.05, 4.69) is 9.88 Å². The lowest BCUT2D eigenvalue weighted by atomic mass is 9.84. The number of nitrogens with zero attached hydrogens (tertiary/aromatic N) is 3. The number of carbonyl (C=O) groups is 1. The molecule has 1 amide bonds. The van der Waals surface area contributed by atoms with Crippen molar-refractivity contribution in [3.05, 3.63) is 18.3 Å². The number of rotatable bonds is 2. The number of pyridine rings is 1. The molecule has 1 saturated carbocycles. The number of nitrogen functional groups attached to an aromatic ring is 1. The Labute approximate surface area is 113 Å². The molecular formula is C14H20N4O. The molecule has 2 fully saturated rings. The third-order valence-electron chi connectivity index (χ3n) is 4.14. The van der Waals surface area contributed by atoms with Crippen molar-refractivity contribution in [3.8, 4) is 0 Å². The first-order chi connectivity index (χ1) is 9.24. The molecule has 0 atom stereocenters. The summed E-state index contributed by atoms with van der Waals surface area (Å²) >= 11 is 0. The number of piperazine rings is 1. The van der Waals surface area contributed by atoms with Crippen LogP contribution in [-0.2, 0) is 4.79 Å². The number of hydrogen-bond acceptors (Lipinski definition) is 4. The Morgan fingerprint density at radius 1 is 1.21 bits per heavy atom. The molecule has 2 heterocycles. The van der Waals surface area contributed by atoms with E-state index in [1.54, 1.807) is 6.20 Å². The van der Waals surface area contributed by atoms with Crippen LogP contribution in [0.4, 0.5) is 11.5 Å². The van der Waals surface area contributed by atoms with Crippen LogP contribution in [0.3, 0.4) is 0 Å². The standard InChI is InChI=1S/C14H20N4O/c15-12-4-5-13(16-10-12)17-6-8-18(9-7-17)14(19)11-2-1-3-11/h4-5,10-11H,1-3,6-9,15H2. The highest BCUT2D eigenvalue weighted by Crippen LogP contribution is 2.28. The molecule has 102 valence electrons. The minimum atomic E-state index is 0.307. The molecular weight excluding hydrogens is 240 g/mol. The summed E-state index contributed by atoms with van der Waals surface area (Å²) < 4.78 is 0. The van der Waals surface area contributed by atoms with E-state index in [0.717, 1.165) is 44.8 Å². The average molecular weight is 260 g/mol. The predicted octanol–water partition coefficient (Wildman–Crippen LogP) is 1.11. The summed E-state index contributed by atoms with van der Waals surface area (Å²) in [6.45, 7) is 3.33. The molecule has 0 radical (unpaired) electrons. The Morgan fingerprint density at radius 2 is 1.95 bits per heavy atom. The lowest BCUT2D eigenvalue weighted by Gasteiger charge is -2.38. The zero-order valence-electron chi connectivity index (χ0n) is 11.1. The number of nitrogens with two attached hydrogens (primary N) is 1. The first-order valence-corrected chi connectivity index (χ1v) is 6.99. The minimum Gasteiger partial charge on any atom is -0.397 e. The van der Waals surface area contributed by atoms with Gasteiger partial charge in [-0.15, -0.1) is 0 Å². The molecule has 1 aliphatic heterocycles. The smallest absolute Gasteiger partial charge is 0.225 e. The molecule has 19 heavy (non-hydrogen) atoms. The molecule has 2 N–H and O–H groups in total. The van der Waals surface area contributed by atoms with E-state index in [1.165, 1.54) is 6.42 Å². The average Bonchev–Trinajstić information content (AvgIpc) is 2.38. The lowest BCUT2D eigenvalue weighted by Crippen LogP contribution is -2.51. The molecule has 1 aromatic heterocycles. The van der Waals surface area contributed by atoms with Gasteiger partial charge in [0, 0.05) is 32.1 Å². The number of amides is 1. The zero-order chi connectivity index (χ0) is 13.2. The quantitative estimate of drug-likeness (QED) is 0.865. The van der Waals surface area contributed by atoms with Gasteiger partial charge in [-0.05, 0) is 25.0 Å². The Hall–Kier alpha value is -1.78. The van der Waals surface area contributed by atoms with Crippen molar-refractivity contribution in [2.24, 2.45) is 5.92 Å². The van der Waals surface area contributed by atoms with Crippen LogP contribution in [0.2, 0.25) is 0 Å². The Balaban J connectivity index is 1.56. The maximum Gasteiger partial charge on any atom is 0.225 e. The molecule has 0 aromatic carbocycles. The molecule has 3 rings (SSSR count). The fraction of sp³-hybridized carbons (Fsp3) is 0.571. The lowest BCUT2D eigenvalue weighted by molar-refractivity contribution is -0.138. The van der Waals surface area contributed by atoms with Crippen molar-refractivity contribution in [1.82, 2.24) is 9.88 Å². The maximum absolute atomic E-state index is 12.1. The number of anilines is 2. The summed E-state index contributed by atoms with van der Waals surface area (Å²) in [5.74, 6) is 1.61. The second-order valence-corrected chi connectivity index (χ2v) is 5.39. The van der Waals surface area contributed by atoms with Gasteiger partial charge in [0.05, 0.1) is 11.9 Å². The van der Waals surface area contributed by atoms with Crippen molar-refractivity contribution in [2.45, 2.75) is 19.3 Å². The summed E-state index contributed by atoms with van der Waals surface area (Å²) in [6, 6.07) is 3.81. The zero-order valence-corrected chi connectivity index (χ0v) is 11.1. The van der Waals surface area contributed by atoms with E-state index in [0.29, 0.717) is 17.5 Å².